The molecule has 2 aromatic heterocycles. The van der Waals surface area contributed by atoms with Crippen molar-refractivity contribution in [2.45, 2.75) is 52.4 Å². The first kappa shape index (κ1) is 38.1. The van der Waals surface area contributed by atoms with E-state index in [0.29, 0.717) is 6.67 Å². The summed E-state index contributed by atoms with van der Waals surface area (Å²) >= 11 is 0. The lowest BCUT2D eigenvalue weighted by Gasteiger charge is -2.30. The quantitative estimate of drug-likeness (QED) is 0.161. The number of aromatic nitrogens is 2. The van der Waals surface area contributed by atoms with Crippen LogP contribution in [0, 0.1) is 0 Å². The molecule has 0 radical (unpaired) electrons. The van der Waals surface area contributed by atoms with Crippen LogP contribution in [-0.4, -0.2) is 16.2 Å². The number of pyridine rings is 1. The van der Waals surface area contributed by atoms with Gasteiger partial charge in [-0.25, -0.2) is 4.98 Å². The second-order valence-corrected chi connectivity index (χ2v) is 18.2. The molecule has 5 heteroatoms. The zero-order valence-corrected chi connectivity index (χ0v) is 35.7. The van der Waals surface area contributed by atoms with Crippen LogP contribution in [0.2, 0.25) is 0 Å². The van der Waals surface area contributed by atoms with Crippen molar-refractivity contribution in [2.75, 3.05) is 16.5 Å². The molecule has 61 heavy (non-hydrogen) atoms. The van der Waals surface area contributed by atoms with Gasteiger partial charge in [0.05, 0.1) is 28.1 Å². The Hall–Kier alpha value is -7.11. The maximum atomic E-state index is 6.78. The zero-order valence-electron chi connectivity index (χ0n) is 35.7. The summed E-state index contributed by atoms with van der Waals surface area (Å²) in [6.45, 7) is 14.3. The van der Waals surface area contributed by atoms with Gasteiger partial charge in [-0.1, -0.05) is 139 Å². The minimum Gasteiger partial charge on any atom is -0.457 e. The van der Waals surface area contributed by atoms with Crippen molar-refractivity contribution < 1.29 is 4.74 Å². The van der Waals surface area contributed by atoms with Gasteiger partial charge in [0.1, 0.15) is 24.0 Å². The summed E-state index contributed by atoms with van der Waals surface area (Å²) in [7, 11) is 0. The third-order valence-corrected chi connectivity index (χ3v) is 12.0. The lowest BCUT2D eigenvalue weighted by Crippen LogP contribution is -2.25. The van der Waals surface area contributed by atoms with E-state index >= 15 is 0 Å². The van der Waals surface area contributed by atoms with E-state index in [1.807, 2.05) is 12.3 Å². The smallest absolute Gasteiger partial charge is 0.137 e. The largest absolute Gasteiger partial charge is 0.457 e. The summed E-state index contributed by atoms with van der Waals surface area (Å²) in [6, 6.07) is 63.0. The van der Waals surface area contributed by atoms with Crippen LogP contribution in [-0.2, 0) is 10.8 Å². The Balaban J connectivity index is 1.05. The summed E-state index contributed by atoms with van der Waals surface area (Å²) in [6.07, 6.45) is 1.92. The van der Waals surface area contributed by atoms with Gasteiger partial charge < -0.3 is 14.5 Å². The third kappa shape index (κ3) is 7.00. The van der Waals surface area contributed by atoms with Gasteiger partial charge in [-0.15, -0.1) is 0 Å². The van der Waals surface area contributed by atoms with E-state index in [2.05, 4.69) is 226 Å². The van der Waals surface area contributed by atoms with Crippen molar-refractivity contribution >= 4 is 44.6 Å². The Bertz CT molecular complexity index is 3000. The maximum Gasteiger partial charge on any atom is 0.137 e. The molecule has 0 unspecified atom stereocenters. The fraction of sp³-hybridized carbons (Fsp3) is 0.161. The highest BCUT2D eigenvalue weighted by Gasteiger charge is 2.32. The Labute approximate surface area is 359 Å². The predicted octanol–water partition coefficient (Wildman–Crippen LogP) is 15.1. The summed E-state index contributed by atoms with van der Waals surface area (Å²) < 4.78 is 9.04. The van der Waals surface area contributed by atoms with E-state index < -0.39 is 0 Å². The Kier molecular flexibility index (Phi) is 9.29. The van der Waals surface area contributed by atoms with Gasteiger partial charge in [-0.05, 0) is 99.8 Å². The summed E-state index contributed by atoms with van der Waals surface area (Å²) in [5, 5.41) is 2.35. The molecule has 0 aliphatic carbocycles. The van der Waals surface area contributed by atoms with Crippen molar-refractivity contribution in [3.05, 3.63) is 193 Å². The van der Waals surface area contributed by atoms with Crippen LogP contribution in [0.4, 0.5) is 22.7 Å². The number of ether oxygens (including phenoxy) is 1. The second kappa shape index (κ2) is 14.9. The monoisotopic (exact) mass is 794 g/mol. The number of benzene rings is 7. The van der Waals surface area contributed by atoms with Gasteiger partial charge in [0.15, 0.2) is 0 Å². The lowest BCUT2D eigenvalue weighted by molar-refractivity contribution is 0.483. The van der Waals surface area contributed by atoms with Crippen molar-refractivity contribution in [3.8, 4) is 39.6 Å². The normalized spacial score (nSPS) is 13.0. The number of anilines is 4. The predicted molar refractivity (Wildman–Crippen MR) is 255 cm³/mol. The first-order valence-corrected chi connectivity index (χ1v) is 21.2. The number of para-hydroxylation sites is 3. The highest BCUT2D eigenvalue weighted by atomic mass is 16.5. The third-order valence-electron chi connectivity index (χ3n) is 12.0. The molecule has 0 atom stereocenters. The van der Waals surface area contributed by atoms with E-state index in [1.54, 1.807) is 0 Å². The number of nitrogens with zero attached hydrogens (tertiary/aromatic N) is 4. The second-order valence-electron chi connectivity index (χ2n) is 18.2. The van der Waals surface area contributed by atoms with Crippen molar-refractivity contribution in [3.63, 3.8) is 0 Å². The minimum absolute atomic E-state index is 0.00608. The number of hydrogen-bond acceptors (Lipinski definition) is 4. The molecule has 5 nitrogen and oxygen atoms in total. The first-order valence-electron chi connectivity index (χ1n) is 21.2. The van der Waals surface area contributed by atoms with Crippen molar-refractivity contribution in [1.82, 2.24) is 9.55 Å². The van der Waals surface area contributed by atoms with E-state index in [9.17, 15) is 0 Å². The Morgan fingerprint density at radius 2 is 1.07 bits per heavy atom. The highest BCUT2D eigenvalue weighted by molar-refractivity contribution is 6.09. The molecule has 9 aromatic rings. The number of fused-ring (bicyclic) bond motifs is 4. The SMILES string of the molecule is CC(C)(C)c1ccnc(-n2c3ccccc3c3ccc(Oc4cccc(N5CN(c6c(-c7ccccc7)cc(C(C)(C)C)cc6-c6ccccc6)c6ccccc65)c4)cc32)c1. The topological polar surface area (TPSA) is 33.5 Å². The van der Waals surface area contributed by atoms with Crippen LogP contribution >= 0.6 is 0 Å². The summed E-state index contributed by atoms with van der Waals surface area (Å²) in [5.74, 6) is 2.43. The van der Waals surface area contributed by atoms with Gasteiger partial charge >= 0.3 is 0 Å². The van der Waals surface area contributed by atoms with Crippen LogP contribution < -0.4 is 14.5 Å². The molecule has 0 saturated carbocycles. The first-order chi connectivity index (χ1) is 29.5. The molecular weight excluding hydrogens is 745 g/mol. The standard InChI is InChI=1S/C56H50N4O/c1-55(2,3)40-30-31-57-53(34-40)60-49-25-14-13-24-45(49)46-29-28-44(36-52(46)60)61-43-23-17-22-42(35-43)58-37-59(51-27-16-15-26-50(51)58)54-47(38-18-9-7-10-19-38)32-41(56(4,5)6)33-48(54)39-20-11-8-12-21-39/h7-36H,37H2,1-6H3. The van der Waals surface area contributed by atoms with E-state index in [4.69, 9.17) is 9.72 Å². The molecule has 0 fully saturated rings. The number of hydrogen-bond donors (Lipinski definition) is 0. The van der Waals surface area contributed by atoms with E-state index in [1.165, 1.54) is 44.5 Å². The van der Waals surface area contributed by atoms with Crippen LogP contribution in [0.5, 0.6) is 11.5 Å². The molecule has 10 rings (SSSR count). The zero-order chi connectivity index (χ0) is 41.9. The van der Waals surface area contributed by atoms with Crippen molar-refractivity contribution in [2.24, 2.45) is 0 Å². The average molecular weight is 795 g/mol. The molecule has 3 heterocycles. The highest BCUT2D eigenvalue weighted by Crippen LogP contribution is 2.51. The molecule has 0 saturated heterocycles. The molecule has 1 aliphatic heterocycles. The van der Waals surface area contributed by atoms with Gasteiger partial charge in [0, 0.05) is 45.9 Å². The molecule has 1 aliphatic rings. The molecule has 300 valence electrons. The molecule has 0 bridgehead atoms. The van der Waals surface area contributed by atoms with Crippen LogP contribution in [0.25, 0.3) is 49.9 Å². The van der Waals surface area contributed by atoms with Gasteiger partial charge in [-0.2, -0.15) is 0 Å². The maximum absolute atomic E-state index is 6.78. The fourth-order valence-electron chi connectivity index (χ4n) is 8.78. The van der Waals surface area contributed by atoms with E-state index in [0.717, 1.165) is 50.8 Å². The van der Waals surface area contributed by atoms with E-state index in [-0.39, 0.29) is 10.8 Å². The number of rotatable bonds is 7. The molecule has 0 spiro atoms. The summed E-state index contributed by atoms with van der Waals surface area (Å²) in [5.41, 5.74) is 14.0. The van der Waals surface area contributed by atoms with Gasteiger partial charge in [0.25, 0.3) is 0 Å². The molecule has 7 aromatic carbocycles. The molecule has 0 amide bonds. The van der Waals surface area contributed by atoms with Crippen molar-refractivity contribution in [1.29, 1.82) is 0 Å². The molecular formula is C56H50N4O. The van der Waals surface area contributed by atoms with Crippen LogP contribution in [0.15, 0.2) is 182 Å². The molecule has 0 N–H and O–H groups in total. The Morgan fingerprint density at radius 3 is 1.74 bits per heavy atom. The fourth-order valence-corrected chi connectivity index (χ4v) is 8.78. The van der Waals surface area contributed by atoms with Gasteiger partial charge in [0.2, 0.25) is 0 Å². The average Bonchev–Trinajstić information content (AvgIpc) is 3.82. The minimum atomic E-state index is -0.0453. The van der Waals surface area contributed by atoms with Crippen LogP contribution in [0.3, 0.4) is 0 Å². The van der Waals surface area contributed by atoms with Crippen LogP contribution in [0.1, 0.15) is 52.7 Å². The summed E-state index contributed by atoms with van der Waals surface area (Å²) in [4.78, 5) is 9.78. The van der Waals surface area contributed by atoms with Gasteiger partial charge in [-0.3, -0.25) is 4.57 Å². The Morgan fingerprint density at radius 1 is 0.475 bits per heavy atom. The lowest BCUT2D eigenvalue weighted by atomic mass is 9.82.